The Labute approximate surface area is 373 Å². The van der Waals surface area contributed by atoms with Gasteiger partial charge in [0.05, 0.1) is 11.0 Å². The summed E-state index contributed by atoms with van der Waals surface area (Å²) >= 11 is 0. The van der Waals surface area contributed by atoms with Crippen molar-refractivity contribution in [2.75, 3.05) is 4.90 Å². The Bertz CT molecular complexity index is 3630. The van der Waals surface area contributed by atoms with Gasteiger partial charge in [0.1, 0.15) is 0 Å². The largest absolute Gasteiger partial charge is 0.310 e. The monoisotopic (exact) mass is 814 g/mol. The van der Waals surface area contributed by atoms with E-state index >= 15 is 0 Å². The van der Waals surface area contributed by atoms with Crippen LogP contribution in [0, 0.1) is 0 Å². The molecular weight excluding hydrogens is 773 g/mol. The molecule has 2 heteroatoms. The van der Waals surface area contributed by atoms with Crippen molar-refractivity contribution in [2.45, 2.75) is 0 Å². The number of nitrogens with zero attached hydrogens (tertiary/aromatic N) is 2. The average molecular weight is 815 g/mol. The number of benzene rings is 11. The fourth-order valence-corrected chi connectivity index (χ4v) is 9.67. The number of fused-ring (bicyclic) bond motifs is 6. The molecule has 0 amide bonds. The van der Waals surface area contributed by atoms with E-state index in [1.54, 1.807) is 0 Å². The summed E-state index contributed by atoms with van der Waals surface area (Å²) in [5, 5.41) is 7.54. The van der Waals surface area contributed by atoms with E-state index in [-0.39, 0.29) is 0 Å². The molecule has 64 heavy (non-hydrogen) atoms. The molecule has 0 saturated heterocycles. The van der Waals surface area contributed by atoms with E-state index in [9.17, 15) is 0 Å². The lowest BCUT2D eigenvalue weighted by Gasteiger charge is -2.26. The molecule has 0 aliphatic rings. The van der Waals surface area contributed by atoms with Gasteiger partial charge in [-0.3, -0.25) is 0 Å². The minimum absolute atomic E-state index is 1.08. The molecule has 0 bridgehead atoms. The molecule has 0 saturated carbocycles. The fourth-order valence-electron chi connectivity index (χ4n) is 9.67. The van der Waals surface area contributed by atoms with Crippen LogP contribution in [0.2, 0.25) is 0 Å². The molecule has 300 valence electrons. The van der Waals surface area contributed by atoms with Gasteiger partial charge in [0, 0.05) is 33.5 Å². The second-order valence-electron chi connectivity index (χ2n) is 16.5. The molecule has 1 heterocycles. The Hall–Kier alpha value is -8.46. The molecule has 0 fully saturated rings. The zero-order valence-corrected chi connectivity index (χ0v) is 35.1. The van der Waals surface area contributed by atoms with Gasteiger partial charge in [0.25, 0.3) is 0 Å². The number of anilines is 3. The minimum atomic E-state index is 1.08. The number of rotatable bonds is 8. The fraction of sp³-hybridized carbons (Fsp3) is 0. The molecule has 0 spiro atoms. The third-order valence-corrected chi connectivity index (χ3v) is 12.7. The van der Waals surface area contributed by atoms with Crippen molar-refractivity contribution in [1.82, 2.24) is 4.57 Å². The van der Waals surface area contributed by atoms with Crippen LogP contribution in [0.25, 0.3) is 93.5 Å². The summed E-state index contributed by atoms with van der Waals surface area (Å²) in [5.41, 5.74) is 16.3. The summed E-state index contributed by atoms with van der Waals surface area (Å²) in [6, 6.07) is 92.7. The highest BCUT2D eigenvalue weighted by Crippen LogP contribution is 2.44. The van der Waals surface area contributed by atoms with Crippen LogP contribution in [-0.2, 0) is 0 Å². The molecule has 0 aliphatic heterocycles. The third-order valence-electron chi connectivity index (χ3n) is 12.7. The first-order chi connectivity index (χ1) is 31.7. The molecule has 11 aromatic carbocycles. The lowest BCUT2D eigenvalue weighted by molar-refractivity contribution is 1.18. The third kappa shape index (κ3) is 6.61. The average Bonchev–Trinajstić information content (AvgIpc) is 3.71. The number of aromatic nitrogens is 1. The quantitative estimate of drug-likeness (QED) is 0.139. The van der Waals surface area contributed by atoms with Gasteiger partial charge >= 0.3 is 0 Å². The van der Waals surface area contributed by atoms with Gasteiger partial charge in [0.2, 0.25) is 0 Å². The lowest BCUT2D eigenvalue weighted by Crippen LogP contribution is -2.10. The van der Waals surface area contributed by atoms with Crippen molar-refractivity contribution in [1.29, 1.82) is 0 Å². The molecule has 0 atom stereocenters. The smallest absolute Gasteiger partial charge is 0.0553 e. The van der Waals surface area contributed by atoms with E-state index in [4.69, 9.17) is 0 Å². The Morgan fingerprint density at radius 1 is 0.266 bits per heavy atom. The van der Waals surface area contributed by atoms with Crippen LogP contribution in [0.4, 0.5) is 17.1 Å². The number of hydrogen-bond donors (Lipinski definition) is 0. The van der Waals surface area contributed by atoms with Gasteiger partial charge in [-0.1, -0.05) is 182 Å². The molecule has 1 aromatic heterocycles. The first-order valence-corrected chi connectivity index (χ1v) is 22.0. The molecule has 12 rings (SSSR count). The van der Waals surface area contributed by atoms with Crippen LogP contribution in [-0.4, -0.2) is 4.57 Å². The molecule has 0 unspecified atom stereocenters. The topological polar surface area (TPSA) is 8.17 Å². The normalized spacial score (nSPS) is 11.4. The van der Waals surface area contributed by atoms with Crippen molar-refractivity contribution in [3.8, 4) is 50.2 Å². The van der Waals surface area contributed by atoms with Crippen LogP contribution < -0.4 is 4.90 Å². The summed E-state index contributed by atoms with van der Waals surface area (Å²) in [4.78, 5) is 2.39. The maximum Gasteiger partial charge on any atom is 0.0553 e. The van der Waals surface area contributed by atoms with Crippen LogP contribution in [0.5, 0.6) is 0 Å². The second kappa shape index (κ2) is 15.8. The van der Waals surface area contributed by atoms with Gasteiger partial charge in [-0.25, -0.2) is 0 Å². The van der Waals surface area contributed by atoms with Crippen molar-refractivity contribution in [3.63, 3.8) is 0 Å². The lowest BCUT2D eigenvalue weighted by atomic mass is 9.94. The van der Waals surface area contributed by atoms with E-state index in [1.807, 2.05) is 0 Å². The van der Waals surface area contributed by atoms with Crippen LogP contribution in [0.15, 0.2) is 255 Å². The number of para-hydroxylation sites is 2. The highest BCUT2D eigenvalue weighted by Gasteiger charge is 2.20. The van der Waals surface area contributed by atoms with E-state index in [1.165, 1.54) is 82.3 Å². The van der Waals surface area contributed by atoms with Crippen molar-refractivity contribution < 1.29 is 0 Å². The van der Waals surface area contributed by atoms with Gasteiger partial charge in [-0.15, -0.1) is 0 Å². The zero-order chi connectivity index (χ0) is 42.4. The van der Waals surface area contributed by atoms with E-state index in [2.05, 4.69) is 264 Å². The number of hydrogen-bond acceptors (Lipinski definition) is 1. The molecule has 2 nitrogen and oxygen atoms in total. The van der Waals surface area contributed by atoms with Crippen LogP contribution >= 0.6 is 0 Å². The Balaban J connectivity index is 1.02. The summed E-state index contributed by atoms with van der Waals surface area (Å²) in [5.74, 6) is 0. The summed E-state index contributed by atoms with van der Waals surface area (Å²) in [7, 11) is 0. The Morgan fingerprint density at radius 3 is 1.52 bits per heavy atom. The summed E-state index contributed by atoms with van der Waals surface area (Å²) < 4.78 is 2.42. The molecule has 0 N–H and O–H groups in total. The zero-order valence-electron chi connectivity index (χ0n) is 35.1. The predicted octanol–water partition coefficient (Wildman–Crippen LogP) is 17.2. The van der Waals surface area contributed by atoms with Gasteiger partial charge in [-0.05, 0) is 139 Å². The summed E-state index contributed by atoms with van der Waals surface area (Å²) in [6.45, 7) is 0. The highest BCUT2D eigenvalue weighted by molar-refractivity contribution is 6.17. The predicted molar refractivity (Wildman–Crippen MR) is 272 cm³/mol. The standard InChI is InChI=1S/C62H42N2/c1-4-15-43(16-5-1)45-29-34-53(35-30-45)63(54-36-31-46(32-37-54)48-33-38-57-50(39-48)28-27-47-19-10-11-24-56(47)57)55-23-14-20-49(40-55)59-41-51(44-17-6-2-7-18-44)42-61-62(59)58-25-12-13-26-60(58)64(61)52-21-8-3-9-22-52/h1-42H. The minimum Gasteiger partial charge on any atom is -0.310 e. The summed E-state index contributed by atoms with van der Waals surface area (Å²) in [6.07, 6.45) is 0. The van der Waals surface area contributed by atoms with Crippen molar-refractivity contribution in [2.24, 2.45) is 0 Å². The maximum atomic E-state index is 2.42. The van der Waals surface area contributed by atoms with E-state index < -0.39 is 0 Å². The molecule has 12 aromatic rings. The highest BCUT2D eigenvalue weighted by atomic mass is 15.1. The van der Waals surface area contributed by atoms with E-state index in [0.29, 0.717) is 0 Å². The van der Waals surface area contributed by atoms with Gasteiger partial charge in [0.15, 0.2) is 0 Å². The Morgan fingerprint density at radius 2 is 0.797 bits per heavy atom. The first-order valence-electron chi connectivity index (χ1n) is 22.0. The molecule has 0 aliphatic carbocycles. The second-order valence-corrected chi connectivity index (χ2v) is 16.5. The SMILES string of the molecule is c1ccc(-c2ccc(N(c3ccc(-c4ccc5c(ccc6ccccc65)c4)cc3)c3cccc(-c4cc(-c5ccccc5)cc5c4c4ccccc4n5-c4ccccc4)c3)cc2)cc1. The Kier molecular flexibility index (Phi) is 9.20. The first kappa shape index (κ1) is 37.3. The van der Waals surface area contributed by atoms with Crippen LogP contribution in [0.3, 0.4) is 0 Å². The van der Waals surface area contributed by atoms with Crippen LogP contribution in [0.1, 0.15) is 0 Å². The van der Waals surface area contributed by atoms with Gasteiger partial charge < -0.3 is 9.47 Å². The maximum absolute atomic E-state index is 2.42. The van der Waals surface area contributed by atoms with E-state index in [0.717, 1.165) is 28.3 Å². The molecule has 0 radical (unpaired) electrons. The van der Waals surface area contributed by atoms with Crippen molar-refractivity contribution >= 4 is 60.4 Å². The van der Waals surface area contributed by atoms with Gasteiger partial charge in [-0.2, -0.15) is 0 Å². The molecular formula is C62H42N2. The van der Waals surface area contributed by atoms with Crippen molar-refractivity contribution in [3.05, 3.63) is 255 Å².